The zero-order valence-electron chi connectivity index (χ0n) is 5.10. The van der Waals surface area contributed by atoms with Crippen molar-refractivity contribution in [2.24, 2.45) is 0 Å². The molecule has 0 aromatic rings. The molecule has 5 nitrogen and oxygen atoms in total. The molecule has 0 atom stereocenters. The van der Waals surface area contributed by atoms with Gasteiger partial charge in [-0.15, -0.1) is 6.58 Å². The second-order valence-electron chi connectivity index (χ2n) is 1.39. The molecular formula is C3H7BO5S. The fraction of sp³-hybridized carbons (Fsp3) is 0.333. The molecule has 10 heavy (non-hydrogen) atoms. The average molecular weight is 166 g/mol. The molecule has 0 aliphatic heterocycles. The van der Waals surface area contributed by atoms with Crippen LogP contribution < -0.4 is 0 Å². The van der Waals surface area contributed by atoms with Gasteiger partial charge in [0.15, 0.2) is 0 Å². The minimum atomic E-state index is -4.22. The summed E-state index contributed by atoms with van der Waals surface area (Å²) in [7, 11) is -4.22. The zero-order chi connectivity index (χ0) is 8.20. The first-order valence-corrected chi connectivity index (χ1v) is 3.83. The van der Waals surface area contributed by atoms with E-state index in [-0.39, 0.29) is 6.61 Å². The van der Waals surface area contributed by atoms with Gasteiger partial charge in [-0.25, -0.2) is 8.42 Å². The normalized spacial score (nSPS) is 11.0. The maximum atomic E-state index is 10.3. The van der Waals surface area contributed by atoms with Crippen molar-refractivity contribution in [3.8, 4) is 0 Å². The highest BCUT2D eigenvalue weighted by atomic mass is 32.2. The molecule has 2 N–H and O–H groups in total. The van der Waals surface area contributed by atoms with Gasteiger partial charge in [-0.1, -0.05) is 6.08 Å². The van der Waals surface area contributed by atoms with Crippen molar-refractivity contribution in [2.45, 2.75) is 0 Å². The highest BCUT2D eigenvalue weighted by Gasteiger charge is 2.29. The van der Waals surface area contributed by atoms with Gasteiger partial charge in [0.25, 0.3) is 9.97 Å². The van der Waals surface area contributed by atoms with Gasteiger partial charge in [0, 0.05) is 0 Å². The molecular weight excluding hydrogens is 159 g/mol. The summed E-state index contributed by atoms with van der Waals surface area (Å²) in [5.41, 5.74) is 0. The highest BCUT2D eigenvalue weighted by molar-refractivity contribution is 8.12. The Hall–Kier alpha value is -0.365. The van der Waals surface area contributed by atoms with Gasteiger partial charge < -0.3 is 10.0 Å². The topological polar surface area (TPSA) is 83.8 Å². The van der Waals surface area contributed by atoms with Crippen LogP contribution in [-0.2, 0) is 14.2 Å². The van der Waals surface area contributed by atoms with Crippen molar-refractivity contribution in [3.05, 3.63) is 12.7 Å². The third-order valence-corrected chi connectivity index (χ3v) is 1.59. The van der Waals surface area contributed by atoms with Gasteiger partial charge >= 0.3 is 6.40 Å². The quantitative estimate of drug-likeness (QED) is 0.391. The first-order chi connectivity index (χ1) is 4.50. The first-order valence-electron chi connectivity index (χ1n) is 2.36. The lowest BCUT2D eigenvalue weighted by molar-refractivity contribution is 0.346. The van der Waals surface area contributed by atoms with Crippen LogP contribution in [0, 0.1) is 0 Å². The molecule has 0 radical (unpaired) electrons. The van der Waals surface area contributed by atoms with Crippen LogP contribution in [0.3, 0.4) is 0 Å². The van der Waals surface area contributed by atoms with E-state index in [4.69, 9.17) is 10.0 Å². The fourth-order valence-corrected chi connectivity index (χ4v) is 0.611. The maximum absolute atomic E-state index is 10.3. The van der Waals surface area contributed by atoms with E-state index in [9.17, 15) is 8.42 Å². The van der Waals surface area contributed by atoms with Crippen LogP contribution >= 0.6 is 0 Å². The van der Waals surface area contributed by atoms with E-state index in [2.05, 4.69) is 10.8 Å². The van der Waals surface area contributed by atoms with Crippen LogP contribution in [-0.4, -0.2) is 31.5 Å². The van der Waals surface area contributed by atoms with Crippen LogP contribution in [0.15, 0.2) is 12.7 Å². The van der Waals surface area contributed by atoms with Gasteiger partial charge in [0.2, 0.25) is 0 Å². The van der Waals surface area contributed by atoms with Gasteiger partial charge in [0.1, 0.15) is 0 Å². The minimum absolute atomic E-state index is 0.264. The summed E-state index contributed by atoms with van der Waals surface area (Å²) in [6, 6.07) is 0. The summed E-state index contributed by atoms with van der Waals surface area (Å²) in [5.74, 6) is 0. The minimum Gasteiger partial charge on any atom is -0.413 e. The molecule has 0 rings (SSSR count). The summed E-state index contributed by atoms with van der Waals surface area (Å²) in [5, 5.41) is 16.2. The Morgan fingerprint density at radius 3 is 2.40 bits per heavy atom. The summed E-state index contributed by atoms with van der Waals surface area (Å²) >= 11 is 0. The Morgan fingerprint density at radius 2 is 2.10 bits per heavy atom. The van der Waals surface area contributed by atoms with E-state index in [1.165, 1.54) is 6.08 Å². The first kappa shape index (κ1) is 9.63. The molecule has 0 fully saturated rings. The third kappa shape index (κ3) is 2.97. The van der Waals surface area contributed by atoms with Crippen LogP contribution in [0.2, 0.25) is 0 Å². The van der Waals surface area contributed by atoms with E-state index in [1.807, 2.05) is 0 Å². The molecule has 0 spiro atoms. The Balaban J connectivity index is 4.02. The van der Waals surface area contributed by atoms with Crippen LogP contribution in [0.25, 0.3) is 0 Å². The molecule has 0 unspecified atom stereocenters. The lowest BCUT2D eigenvalue weighted by atomic mass is 10.4. The molecule has 0 bridgehead atoms. The largest absolute Gasteiger partial charge is 0.629 e. The van der Waals surface area contributed by atoms with Crippen LogP contribution in [0.5, 0.6) is 0 Å². The number of hydrogen-bond acceptors (Lipinski definition) is 5. The van der Waals surface area contributed by atoms with Gasteiger partial charge in [-0.2, -0.15) is 0 Å². The van der Waals surface area contributed by atoms with Crippen molar-refractivity contribution >= 4 is 16.4 Å². The second-order valence-corrected chi connectivity index (χ2v) is 3.04. The molecule has 0 aromatic carbocycles. The molecule has 7 heteroatoms. The van der Waals surface area contributed by atoms with Crippen LogP contribution in [0.4, 0.5) is 0 Å². The van der Waals surface area contributed by atoms with Crippen molar-refractivity contribution < 1.29 is 22.6 Å². The predicted octanol–water partition coefficient (Wildman–Crippen LogP) is -1.51. The highest BCUT2D eigenvalue weighted by Crippen LogP contribution is 1.93. The third-order valence-electron chi connectivity index (χ3n) is 0.608. The van der Waals surface area contributed by atoms with E-state index < -0.39 is 16.4 Å². The number of hydrogen-bond donors (Lipinski definition) is 2. The van der Waals surface area contributed by atoms with E-state index in [1.54, 1.807) is 0 Å². The molecule has 0 aliphatic carbocycles. The zero-order valence-corrected chi connectivity index (χ0v) is 5.91. The van der Waals surface area contributed by atoms with Crippen molar-refractivity contribution in [3.63, 3.8) is 0 Å². The van der Waals surface area contributed by atoms with Crippen LogP contribution in [0.1, 0.15) is 0 Å². The molecule has 0 amide bonds. The van der Waals surface area contributed by atoms with Crippen molar-refractivity contribution in [1.82, 2.24) is 0 Å². The Labute approximate surface area is 59.1 Å². The monoisotopic (exact) mass is 166 g/mol. The lowest BCUT2D eigenvalue weighted by Gasteiger charge is -1.98. The summed E-state index contributed by atoms with van der Waals surface area (Å²) in [6.07, 6.45) is -1.30. The molecule has 0 saturated carbocycles. The average Bonchev–Trinajstić information content (AvgIpc) is 1.84. The van der Waals surface area contributed by atoms with Gasteiger partial charge in [0.05, 0.1) is 6.61 Å². The number of rotatable bonds is 4. The Bertz CT molecular complexity index is 195. The van der Waals surface area contributed by atoms with Crippen molar-refractivity contribution in [1.29, 1.82) is 0 Å². The lowest BCUT2D eigenvalue weighted by Crippen LogP contribution is -2.27. The molecule has 0 heterocycles. The molecule has 0 aromatic heterocycles. The SMILES string of the molecule is C=CCOS(=O)(=O)B(O)O. The standard InChI is InChI=1S/C3H7BO5S/c1-2-3-9-10(7,8)4(5)6/h2,5-6H,1,3H2. The smallest absolute Gasteiger partial charge is 0.413 e. The summed E-state index contributed by atoms with van der Waals surface area (Å²) < 4.78 is 24.6. The van der Waals surface area contributed by atoms with E-state index in [0.717, 1.165) is 0 Å². The summed E-state index contributed by atoms with van der Waals surface area (Å²) in [4.78, 5) is 0. The van der Waals surface area contributed by atoms with E-state index >= 15 is 0 Å². The maximum Gasteiger partial charge on any atom is 0.629 e. The molecule has 58 valence electrons. The van der Waals surface area contributed by atoms with E-state index in [0.29, 0.717) is 0 Å². The fourth-order valence-electron chi connectivity index (χ4n) is 0.204. The second kappa shape index (κ2) is 3.72. The predicted molar refractivity (Wildman–Crippen MR) is 35.3 cm³/mol. The molecule has 0 saturated heterocycles. The van der Waals surface area contributed by atoms with Crippen molar-refractivity contribution in [2.75, 3.05) is 6.61 Å². The van der Waals surface area contributed by atoms with Gasteiger partial charge in [-0.3, -0.25) is 4.18 Å². The Kier molecular flexibility index (Phi) is 3.58. The Morgan fingerprint density at radius 1 is 1.60 bits per heavy atom. The summed E-state index contributed by atoms with van der Waals surface area (Å²) in [6.45, 7) is 2.91. The molecule has 0 aliphatic rings. The van der Waals surface area contributed by atoms with Gasteiger partial charge in [-0.05, 0) is 0 Å².